The highest BCUT2D eigenvalue weighted by Crippen LogP contribution is 2.32. The van der Waals surface area contributed by atoms with Gasteiger partial charge >= 0.3 is 0 Å². The molecule has 6 N–H and O–H groups in total. The third-order valence-electron chi connectivity index (χ3n) is 3.58. The van der Waals surface area contributed by atoms with Crippen LogP contribution in [0.1, 0.15) is 30.0 Å². The molecule has 1 aromatic heterocycles. The van der Waals surface area contributed by atoms with E-state index in [1.54, 1.807) is 6.07 Å². The number of aryl methyl sites for hydroxylation is 1. The van der Waals surface area contributed by atoms with Crippen LogP contribution in [0.4, 0.5) is 17.6 Å². The predicted molar refractivity (Wildman–Crippen MR) is 80.0 cm³/mol. The molecule has 1 aliphatic carbocycles. The molecule has 1 unspecified atom stereocenters. The number of nitrogens with two attached hydrogens (primary N) is 2. The number of hydrazine groups is 1. The van der Waals surface area contributed by atoms with Crippen molar-refractivity contribution in [1.82, 2.24) is 9.97 Å². The molecule has 0 fully saturated rings. The molecular weight excluding hydrogens is 252 g/mol. The first-order valence-corrected chi connectivity index (χ1v) is 6.72. The normalized spacial score (nSPS) is 17.4. The molecule has 6 heteroatoms. The molecule has 3 rings (SSSR count). The first kappa shape index (κ1) is 12.7. The molecular formula is C14H18N6. The molecule has 1 aliphatic rings. The second kappa shape index (κ2) is 5.34. The van der Waals surface area contributed by atoms with Gasteiger partial charge in [0.15, 0.2) is 0 Å². The lowest BCUT2D eigenvalue weighted by atomic mass is 9.88. The molecule has 2 aromatic rings. The van der Waals surface area contributed by atoms with Gasteiger partial charge in [0.2, 0.25) is 5.95 Å². The second-order valence-electron chi connectivity index (χ2n) is 4.93. The highest BCUT2D eigenvalue weighted by atomic mass is 15.3. The molecule has 0 spiro atoms. The van der Waals surface area contributed by atoms with E-state index >= 15 is 0 Å². The van der Waals surface area contributed by atoms with Gasteiger partial charge in [0.1, 0.15) is 11.6 Å². The van der Waals surface area contributed by atoms with Gasteiger partial charge in [0.05, 0.1) is 6.04 Å². The second-order valence-corrected chi connectivity index (χ2v) is 4.93. The minimum atomic E-state index is 0.201. The van der Waals surface area contributed by atoms with Gasteiger partial charge < -0.3 is 16.5 Å². The van der Waals surface area contributed by atoms with Crippen molar-refractivity contribution in [3.8, 4) is 0 Å². The zero-order valence-electron chi connectivity index (χ0n) is 11.1. The van der Waals surface area contributed by atoms with Crippen LogP contribution in [0, 0.1) is 0 Å². The van der Waals surface area contributed by atoms with Crippen molar-refractivity contribution in [2.75, 3.05) is 16.5 Å². The van der Waals surface area contributed by atoms with E-state index in [4.69, 9.17) is 11.6 Å². The summed E-state index contributed by atoms with van der Waals surface area (Å²) < 4.78 is 0. The van der Waals surface area contributed by atoms with Gasteiger partial charge in [-0.05, 0) is 30.4 Å². The summed E-state index contributed by atoms with van der Waals surface area (Å²) >= 11 is 0. The number of nitrogen functional groups attached to an aromatic ring is 2. The standard InChI is InChI=1S/C14H18N6/c15-14-18-12(8-13(19-14)20-16)17-11-7-3-5-9-4-1-2-6-10(9)11/h1-2,4,6,8,11H,3,5,7,16H2,(H4,15,17,18,19,20). The Hall–Kier alpha value is -2.34. The van der Waals surface area contributed by atoms with Crippen LogP contribution in [0.3, 0.4) is 0 Å². The van der Waals surface area contributed by atoms with Crippen LogP contribution in [-0.4, -0.2) is 9.97 Å². The van der Waals surface area contributed by atoms with E-state index in [0.717, 1.165) is 19.3 Å². The smallest absolute Gasteiger partial charge is 0.223 e. The monoisotopic (exact) mass is 270 g/mol. The Kier molecular flexibility index (Phi) is 3.39. The number of aromatic nitrogens is 2. The van der Waals surface area contributed by atoms with Gasteiger partial charge in [-0.25, -0.2) is 5.84 Å². The van der Waals surface area contributed by atoms with Crippen LogP contribution in [-0.2, 0) is 6.42 Å². The maximum Gasteiger partial charge on any atom is 0.223 e. The molecule has 0 amide bonds. The number of fused-ring (bicyclic) bond motifs is 1. The molecule has 20 heavy (non-hydrogen) atoms. The Morgan fingerprint density at radius 2 is 1.95 bits per heavy atom. The Morgan fingerprint density at radius 1 is 1.15 bits per heavy atom. The van der Waals surface area contributed by atoms with E-state index in [1.165, 1.54) is 11.1 Å². The van der Waals surface area contributed by atoms with E-state index in [9.17, 15) is 0 Å². The van der Waals surface area contributed by atoms with E-state index in [1.807, 2.05) is 0 Å². The van der Waals surface area contributed by atoms with Crippen LogP contribution in [0.5, 0.6) is 0 Å². The Labute approximate surface area is 117 Å². The number of nitrogens with one attached hydrogen (secondary N) is 2. The highest BCUT2D eigenvalue weighted by Gasteiger charge is 2.20. The Morgan fingerprint density at radius 3 is 2.80 bits per heavy atom. The topological polar surface area (TPSA) is 102 Å². The van der Waals surface area contributed by atoms with Crippen LogP contribution in [0.25, 0.3) is 0 Å². The fourth-order valence-electron chi connectivity index (χ4n) is 2.70. The zero-order valence-corrected chi connectivity index (χ0v) is 11.1. The number of anilines is 3. The van der Waals surface area contributed by atoms with Gasteiger partial charge in [-0.2, -0.15) is 9.97 Å². The fraction of sp³-hybridized carbons (Fsp3) is 0.286. The number of nitrogens with zero attached hydrogens (tertiary/aromatic N) is 2. The summed E-state index contributed by atoms with van der Waals surface area (Å²) in [4.78, 5) is 8.19. The Balaban J connectivity index is 1.87. The minimum absolute atomic E-state index is 0.201. The van der Waals surface area contributed by atoms with Crippen molar-refractivity contribution in [3.63, 3.8) is 0 Å². The summed E-state index contributed by atoms with van der Waals surface area (Å²) in [6.07, 6.45) is 3.37. The van der Waals surface area contributed by atoms with Gasteiger partial charge in [-0.1, -0.05) is 24.3 Å². The Bertz CT molecular complexity index is 612. The van der Waals surface area contributed by atoms with Crippen molar-refractivity contribution in [3.05, 3.63) is 41.5 Å². The van der Waals surface area contributed by atoms with Gasteiger partial charge in [-0.15, -0.1) is 0 Å². The summed E-state index contributed by atoms with van der Waals surface area (Å²) in [5.41, 5.74) is 10.9. The first-order valence-electron chi connectivity index (χ1n) is 6.72. The quantitative estimate of drug-likeness (QED) is 0.501. The largest absolute Gasteiger partial charge is 0.368 e. The predicted octanol–water partition coefficient (Wildman–Crippen LogP) is 1.83. The lowest BCUT2D eigenvalue weighted by molar-refractivity contribution is 0.598. The molecule has 1 heterocycles. The molecule has 0 bridgehead atoms. The molecule has 0 saturated heterocycles. The summed E-state index contributed by atoms with van der Waals surface area (Å²) in [6.45, 7) is 0. The first-order chi connectivity index (χ1) is 9.76. The lowest BCUT2D eigenvalue weighted by Gasteiger charge is -2.26. The number of rotatable bonds is 3. The van der Waals surface area contributed by atoms with Crippen molar-refractivity contribution in [2.45, 2.75) is 25.3 Å². The van der Waals surface area contributed by atoms with E-state index in [2.05, 4.69) is 45.0 Å². The number of benzene rings is 1. The molecule has 1 atom stereocenters. The van der Waals surface area contributed by atoms with Crippen LogP contribution in [0.15, 0.2) is 30.3 Å². The van der Waals surface area contributed by atoms with E-state index < -0.39 is 0 Å². The number of hydrogen-bond acceptors (Lipinski definition) is 6. The number of hydrogen-bond donors (Lipinski definition) is 4. The summed E-state index contributed by atoms with van der Waals surface area (Å²) in [7, 11) is 0. The average molecular weight is 270 g/mol. The van der Waals surface area contributed by atoms with Crippen molar-refractivity contribution in [1.29, 1.82) is 0 Å². The molecule has 1 aromatic carbocycles. The third kappa shape index (κ3) is 2.50. The molecule has 0 saturated carbocycles. The highest BCUT2D eigenvalue weighted by molar-refractivity contribution is 5.52. The zero-order chi connectivity index (χ0) is 13.9. The van der Waals surface area contributed by atoms with Gasteiger partial charge in [-0.3, -0.25) is 0 Å². The lowest BCUT2D eigenvalue weighted by Crippen LogP contribution is -2.19. The molecule has 104 valence electrons. The maximum atomic E-state index is 5.68. The van der Waals surface area contributed by atoms with Crippen molar-refractivity contribution in [2.24, 2.45) is 5.84 Å². The summed E-state index contributed by atoms with van der Waals surface area (Å²) in [6, 6.07) is 10.5. The SMILES string of the molecule is NNc1cc(NC2CCCc3ccccc32)nc(N)n1. The maximum absolute atomic E-state index is 5.68. The minimum Gasteiger partial charge on any atom is -0.368 e. The molecule has 0 radical (unpaired) electrons. The summed E-state index contributed by atoms with van der Waals surface area (Å²) in [5, 5.41) is 3.43. The third-order valence-corrected chi connectivity index (χ3v) is 3.58. The van der Waals surface area contributed by atoms with E-state index in [0.29, 0.717) is 11.6 Å². The van der Waals surface area contributed by atoms with Gasteiger partial charge in [0, 0.05) is 6.07 Å². The average Bonchev–Trinajstić information content (AvgIpc) is 2.47. The fourth-order valence-corrected chi connectivity index (χ4v) is 2.70. The molecule has 6 nitrogen and oxygen atoms in total. The molecule has 0 aliphatic heterocycles. The van der Waals surface area contributed by atoms with Crippen LogP contribution in [0.2, 0.25) is 0 Å². The van der Waals surface area contributed by atoms with Gasteiger partial charge in [0.25, 0.3) is 0 Å². The van der Waals surface area contributed by atoms with Crippen LogP contribution < -0.4 is 22.3 Å². The summed E-state index contributed by atoms with van der Waals surface area (Å²) in [5.74, 6) is 6.77. The van der Waals surface area contributed by atoms with E-state index in [-0.39, 0.29) is 12.0 Å². The van der Waals surface area contributed by atoms with Crippen LogP contribution >= 0.6 is 0 Å². The van der Waals surface area contributed by atoms with Crippen molar-refractivity contribution < 1.29 is 0 Å². The van der Waals surface area contributed by atoms with Crippen molar-refractivity contribution >= 4 is 17.6 Å².